The number of ether oxygens (including phenoxy) is 3. The molecule has 1 N–H and O–H groups in total. The van der Waals surface area contributed by atoms with Gasteiger partial charge in [-0.15, -0.1) is 0 Å². The van der Waals surface area contributed by atoms with E-state index in [1.54, 1.807) is 0 Å². The standard InChI is InChI=1S/C15H23ClN2O5S/c1-21-13-11-15(14(22-2)10-12(13)16)24(19,20)17-4-3-5-18-6-8-23-9-7-18/h10-11,17H,3-9H2,1-2H3. The monoisotopic (exact) mass is 378 g/mol. The van der Waals surface area contributed by atoms with Crippen molar-refractivity contribution in [3.8, 4) is 11.5 Å². The third kappa shape index (κ3) is 4.97. The van der Waals surface area contributed by atoms with Gasteiger partial charge in [0.15, 0.2) is 0 Å². The molecule has 9 heteroatoms. The molecule has 2 rings (SSSR count). The topological polar surface area (TPSA) is 77.1 Å². The maximum Gasteiger partial charge on any atom is 0.244 e. The van der Waals surface area contributed by atoms with Gasteiger partial charge < -0.3 is 14.2 Å². The second kappa shape index (κ2) is 8.87. The molecule has 1 saturated heterocycles. The number of morpholine rings is 1. The van der Waals surface area contributed by atoms with E-state index in [1.165, 1.54) is 26.4 Å². The maximum atomic E-state index is 12.5. The highest BCUT2D eigenvalue weighted by atomic mass is 35.5. The smallest absolute Gasteiger partial charge is 0.244 e. The average Bonchev–Trinajstić information content (AvgIpc) is 2.59. The summed E-state index contributed by atoms with van der Waals surface area (Å²) in [6.07, 6.45) is 0.715. The van der Waals surface area contributed by atoms with Crippen molar-refractivity contribution in [3.63, 3.8) is 0 Å². The third-order valence-corrected chi connectivity index (χ3v) is 5.55. The van der Waals surface area contributed by atoms with Crippen LogP contribution in [0, 0.1) is 0 Å². The van der Waals surface area contributed by atoms with Crippen molar-refractivity contribution in [2.75, 3.05) is 53.6 Å². The van der Waals surface area contributed by atoms with Crippen molar-refractivity contribution < 1.29 is 22.6 Å². The summed E-state index contributed by atoms with van der Waals surface area (Å²) in [5.41, 5.74) is 0. The van der Waals surface area contributed by atoms with E-state index >= 15 is 0 Å². The van der Waals surface area contributed by atoms with Gasteiger partial charge in [0.05, 0.1) is 32.5 Å². The summed E-state index contributed by atoms with van der Waals surface area (Å²) in [4.78, 5) is 2.27. The van der Waals surface area contributed by atoms with E-state index in [-0.39, 0.29) is 16.4 Å². The second-order valence-electron chi connectivity index (χ2n) is 5.34. The lowest BCUT2D eigenvalue weighted by atomic mass is 10.3. The minimum absolute atomic E-state index is 0.0117. The largest absolute Gasteiger partial charge is 0.495 e. The Balaban J connectivity index is 1.98. The van der Waals surface area contributed by atoms with Gasteiger partial charge in [-0.3, -0.25) is 4.90 Å². The van der Waals surface area contributed by atoms with E-state index in [0.29, 0.717) is 18.0 Å². The van der Waals surface area contributed by atoms with Gasteiger partial charge in [0, 0.05) is 31.8 Å². The molecule has 0 spiro atoms. The summed E-state index contributed by atoms with van der Waals surface area (Å²) in [5.74, 6) is 0.465. The number of rotatable bonds is 8. The molecule has 0 bridgehead atoms. The molecule has 0 radical (unpaired) electrons. The Morgan fingerprint density at radius 2 is 1.88 bits per heavy atom. The van der Waals surface area contributed by atoms with Crippen LogP contribution >= 0.6 is 11.6 Å². The van der Waals surface area contributed by atoms with Gasteiger partial charge in [0.2, 0.25) is 10.0 Å². The van der Waals surface area contributed by atoms with Crippen molar-refractivity contribution >= 4 is 21.6 Å². The number of benzene rings is 1. The summed E-state index contributed by atoms with van der Waals surface area (Å²) >= 11 is 6.01. The Kier molecular flexibility index (Phi) is 7.12. The first-order chi connectivity index (χ1) is 11.5. The summed E-state index contributed by atoms with van der Waals surface area (Å²) in [6.45, 7) is 4.39. The van der Waals surface area contributed by atoms with Crippen LogP contribution in [-0.4, -0.2) is 66.9 Å². The minimum Gasteiger partial charge on any atom is -0.495 e. The number of sulfonamides is 1. The summed E-state index contributed by atoms with van der Waals surface area (Å²) < 4.78 is 43.1. The fraction of sp³-hybridized carbons (Fsp3) is 0.600. The fourth-order valence-electron chi connectivity index (χ4n) is 2.45. The zero-order chi connectivity index (χ0) is 17.6. The molecule has 0 unspecified atom stereocenters. The summed E-state index contributed by atoms with van der Waals surface area (Å²) in [5, 5.41) is 0.292. The second-order valence-corrected chi connectivity index (χ2v) is 7.49. The molecule has 1 fully saturated rings. The molecular formula is C15H23ClN2O5S. The van der Waals surface area contributed by atoms with Gasteiger partial charge in [-0.25, -0.2) is 13.1 Å². The molecule has 1 aromatic carbocycles. The van der Waals surface area contributed by atoms with Crippen LogP contribution in [0.25, 0.3) is 0 Å². The van der Waals surface area contributed by atoms with Crippen molar-refractivity contribution in [1.82, 2.24) is 9.62 Å². The van der Waals surface area contributed by atoms with Crippen LogP contribution < -0.4 is 14.2 Å². The Morgan fingerprint density at radius 3 is 2.50 bits per heavy atom. The zero-order valence-electron chi connectivity index (χ0n) is 13.9. The number of nitrogens with zero attached hydrogens (tertiary/aromatic N) is 1. The molecule has 0 aromatic heterocycles. The lowest BCUT2D eigenvalue weighted by Gasteiger charge is -2.26. The number of nitrogens with one attached hydrogen (secondary N) is 1. The predicted octanol–water partition coefficient (Wildman–Crippen LogP) is 1.36. The number of hydrogen-bond acceptors (Lipinski definition) is 6. The SMILES string of the molecule is COc1cc(S(=O)(=O)NCCCN2CCOCC2)c(OC)cc1Cl. The van der Waals surface area contributed by atoms with Crippen LogP contribution in [0.5, 0.6) is 11.5 Å². The predicted molar refractivity (Wildman–Crippen MR) is 91.6 cm³/mol. The fourth-order valence-corrected chi connectivity index (χ4v) is 3.92. The molecule has 7 nitrogen and oxygen atoms in total. The maximum absolute atomic E-state index is 12.5. The summed E-state index contributed by atoms with van der Waals surface area (Å²) in [7, 11) is -0.883. The van der Waals surface area contributed by atoms with Gasteiger partial charge in [0.1, 0.15) is 16.4 Å². The molecule has 0 aliphatic carbocycles. The van der Waals surface area contributed by atoms with Crippen LogP contribution in [0.3, 0.4) is 0 Å². The minimum atomic E-state index is -3.71. The van der Waals surface area contributed by atoms with E-state index < -0.39 is 10.0 Å². The van der Waals surface area contributed by atoms with E-state index in [4.69, 9.17) is 25.8 Å². The Morgan fingerprint density at radius 1 is 1.21 bits per heavy atom. The molecule has 0 atom stereocenters. The zero-order valence-corrected chi connectivity index (χ0v) is 15.5. The van der Waals surface area contributed by atoms with Crippen LogP contribution in [0.1, 0.15) is 6.42 Å². The highest BCUT2D eigenvalue weighted by molar-refractivity contribution is 7.89. The normalized spacial score (nSPS) is 16.1. The van der Waals surface area contributed by atoms with Gasteiger partial charge in [-0.2, -0.15) is 0 Å². The number of methoxy groups -OCH3 is 2. The molecule has 0 amide bonds. The molecule has 1 aromatic rings. The van der Waals surface area contributed by atoms with Crippen molar-refractivity contribution in [3.05, 3.63) is 17.2 Å². The molecule has 1 aliphatic heterocycles. The van der Waals surface area contributed by atoms with Crippen molar-refractivity contribution in [1.29, 1.82) is 0 Å². The quantitative estimate of drug-likeness (QED) is 0.688. The van der Waals surface area contributed by atoms with Crippen LogP contribution in [0.4, 0.5) is 0 Å². The van der Waals surface area contributed by atoms with Crippen molar-refractivity contribution in [2.45, 2.75) is 11.3 Å². The van der Waals surface area contributed by atoms with Crippen LogP contribution in [0.2, 0.25) is 5.02 Å². The first-order valence-electron chi connectivity index (χ1n) is 7.69. The Labute approximate surface area is 147 Å². The molecule has 136 valence electrons. The first-order valence-corrected chi connectivity index (χ1v) is 9.55. The van der Waals surface area contributed by atoms with E-state index in [1.807, 2.05) is 0 Å². The third-order valence-electron chi connectivity index (χ3n) is 3.77. The van der Waals surface area contributed by atoms with E-state index in [2.05, 4.69) is 9.62 Å². The lowest BCUT2D eigenvalue weighted by Crippen LogP contribution is -2.38. The lowest BCUT2D eigenvalue weighted by molar-refractivity contribution is 0.0376. The molecule has 24 heavy (non-hydrogen) atoms. The molecule has 0 saturated carbocycles. The van der Waals surface area contributed by atoms with E-state index in [9.17, 15) is 8.42 Å². The Bertz CT molecular complexity index is 648. The van der Waals surface area contributed by atoms with Crippen molar-refractivity contribution in [2.24, 2.45) is 0 Å². The van der Waals surface area contributed by atoms with Gasteiger partial charge in [0.25, 0.3) is 0 Å². The van der Waals surface area contributed by atoms with Crippen LogP contribution in [-0.2, 0) is 14.8 Å². The van der Waals surface area contributed by atoms with Gasteiger partial charge in [-0.1, -0.05) is 11.6 Å². The van der Waals surface area contributed by atoms with E-state index in [0.717, 1.165) is 32.8 Å². The van der Waals surface area contributed by atoms with Gasteiger partial charge in [-0.05, 0) is 13.0 Å². The van der Waals surface area contributed by atoms with Gasteiger partial charge >= 0.3 is 0 Å². The Hall–Kier alpha value is -1.06. The highest BCUT2D eigenvalue weighted by Gasteiger charge is 2.22. The highest BCUT2D eigenvalue weighted by Crippen LogP contribution is 2.34. The molecule has 1 heterocycles. The number of hydrogen-bond donors (Lipinski definition) is 1. The number of halogens is 1. The molecule has 1 aliphatic rings. The summed E-state index contributed by atoms with van der Waals surface area (Å²) in [6, 6.07) is 2.80. The average molecular weight is 379 g/mol. The first kappa shape index (κ1) is 19.3. The van der Waals surface area contributed by atoms with Crippen LogP contribution in [0.15, 0.2) is 17.0 Å². The molecular weight excluding hydrogens is 356 g/mol.